The molecule has 1 aromatic carbocycles. The molecule has 1 aromatic rings. The van der Waals surface area contributed by atoms with Crippen LogP contribution in [-0.2, 0) is 6.42 Å². The molecule has 1 aliphatic heterocycles. The van der Waals surface area contributed by atoms with Gasteiger partial charge in [-0.1, -0.05) is 30.3 Å². The van der Waals surface area contributed by atoms with Crippen molar-refractivity contribution < 1.29 is 0 Å². The lowest BCUT2D eigenvalue weighted by Gasteiger charge is -2.24. The van der Waals surface area contributed by atoms with E-state index in [0.29, 0.717) is 6.04 Å². The van der Waals surface area contributed by atoms with Gasteiger partial charge >= 0.3 is 0 Å². The van der Waals surface area contributed by atoms with Gasteiger partial charge in [0.2, 0.25) is 0 Å². The van der Waals surface area contributed by atoms with E-state index in [1.54, 1.807) is 0 Å². The minimum absolute atomic E-state index is 0.565. The Balaban J connectivity index is 1.84. The maximum atomic E-state index is 5.32. The summed E-state index contributed by atoms with van der Waals surface area (Å²) in [7, 11) is 0. The highest BCUT2D eigenvalue weighted by Gasteiger charge is 2.17. The zero-order valence-corrected chi connectivity index (χ0v) is 11.6. The van der Waals surface area contributed by atoms with Crippen LogP contribution in [0.2, 0.25) is 0 Å². The fourth-order valence-corrected chi connectivity index (χ4v) is 2.72. The summed E-state index contributed by atoms with van der Waals surface area (Å²) in [5.74, 6) is 2.73. The smallest absolute Gasteiger partial charge is 0.0235 e. The van der Waals surface area contributed by atoms with Crippen molar-refractivity contribution >= 4 is 0 Å². The number of rotatable bonds is 5. The Labute approximate surface area is 117 Å². The molecular formula is C17H24N2. The van der Waals surface area contributed by atoms with Crippen molar-refractivity contribution in [3.8, 4) is 12.3 Å². The predicted octanol–water partition coefficient (Wildman–Crippen LogP) is 2.31. The van der Waals surface area contributed by atoms with E-state index in [2.05, 4.69) is 46.5 Å². The number of hydrogen-bond acceptors (Lipinski definition) is 2. The average molecular weight is 256 g/mol. The molecule has 0 amide bonds. The average Bonchev–Trinajstić information content (AvgIpc) is 2.66. The summed E-state index contributed by atoms with van der Waals surface area (Å²) < 4.78 is 0. The first-order valence-electron chi connectivity index (χ1n) is 7.31. The van der Waals surface area contributed by atoms with E-state index < -0.39 is 0 Å². The van der Waals surface area contributed by atoms with Gasteiger partial charge < -0.3 is 10.2 Å². The molecule has 1 heterocycles. The van der Waals surface area contributed by atoms with Gasteiger partial charge in [-0.05, 0) is 44.5 Å². The molecule has 2 rings (SSSR count). The second-order valence-corrected chi connectivity index (χ2v) is 5.30. The van der Waals surface area contributed by atoms with Gasteiger partial charge in [-0.3, -0.25) is 0 Å². The van der Waals surface area contributed by atoms with Crippen LogP contribution >= 0.6 is 0 Å². The summed E-state index contributed by atoms with van der Waals surface area (Å²) in [6, 6.07) is 11.3. The van der Waals surface area contributed by atoms with Crippen LogP contribution in [-0.4, -0.2) is 37.1 Å². The topological polar surface area (TPSA) is 15.3 Å². The third-order valence-electron chi connectivity index (χ3n) is 3.68. The molecule has 1 fully saturated rings. The van der Waals surface area contributed by atoms with Crippen molar-refractivity contribution in [2.45, 2.75) is 31.7 Å². The first-order valence-corrected chi connectivity index (χ1v) is 7.31. The van der Waals surface area contributed by atoms with Gasteiger partial charge in [-0.2, -0.15) is 0 Å². The normalized spacial score (nSPS) is 20.7. The largest absolute Gasteiger partial charge is 0.312 e. The zero-order chi connectivity index (χ0) is 13.3. The molecule has 0 bridgehead atoms. The number of unbranched alkanes of at least 4 members (excludes halogenated alkanes) is 1. The van der Waals surface area contributed by atoms with Crippen LogP contribution in [0.15, 0.2) is 30.3 Å². The van der Waals surface area contributed by atoms with Crippen LogP contribution in [0.25, 0.3) is 0 Å². The number of terminal acetylenes is 1. The van der Waals surface area contributed by atoms with Crippen LogP contribution in [0.1, 0.15) is 24.8 Å². The van der Waals surface area contributed by atoms with Crippen LogP contribution in [0.4, 0.5) is 0 Å². The molecule has 2 nitrogen and oxygen atoms in total. The monoisotopic (exact) mass is 256 g/mol. The van der Waals surface area contributed by atoms with Crippen LogP contribution in [0.5, 0.6) is 0 Å². The fourth-order valence-electron chi connectivity index (χ4n) is 2.72. The molecule has 1 atom stereocenters. The fraction of sp³-hybridized carbons (Fsp3) is 0.529. The van der Waals surface area contributed by atoms with Crippen LogP contribution < -0.4 is 5.32 Å². The molecule has 1 saturated heterocycles. The van der Waals surface area contributed by atoms with Crippen molar-refractivity contribution in [2.75, 3.05) is 26.2 Å². The lowest BCUT2D eigenvalue weighted by atomic mass is 10.1. The van der Waals surface area contributed by atoms with E-state index in [-0.39, 0.29) is 0 Å². The van der Waals surface area contributed by atoms with Gasteiger partial charge in [0.1, 0.15) is 0 Å². The third-order valence-corrected chi connectivity index (χ3v) is 3.68. The van der Waals surface area contributed by atoms with Gasteiger partial charge in [0, 0.05) is 19.0 Å². The van der Waals surface area contributed by atoms with E-state index >= 15 is 0 Å². The Hall–Kier alpha value is -1.30. The number of nitrogens with one attached hydrogen (secondary N) is 1. The van der Waals surface area contributed by atoms with E-state index in [0.717, 1.165) is 38.9 Å². The summed E-state index contributed by atoms with van der Waals surface area (Å²) >= 11 is 0. The third kappa shape index (κ3) is 5.06. The van der Waals surface area contributed by atoms with Crippen molar-refractivity contribution in [3.05, 3.63) is 35.9 Å². The van der Waals surface area contributed by atoms with E-state index in [1.165, 1.54) is 18.5 Å². The second kappa shape index (κ2) is 7.99. The maximum Gasteiger partial charge on any atom is 0.0235 e. The predicted molar refractivity (Wildman–Crippen MR) is 81.1 cm³/mol. The molecule has 0 spiro atoms. The SMILES string of the molecule is C#CCCCN1CCCNC(Cc2ccccc2)C1. The first kappa shape index (κ1) is 14.1. The molecule has 0 aromatic heterocycles. The minimum atomic E-state index is 0.565. The highest BCUT2D eigenvalue weighted by atomic mass is 15.2. The van der Waals surface area contributed by atoms with Crippen molar-refractivity contribution in [2.24, 2.45) is 0 Å². The highest BCUT2D eigenvalue weighted by molar-refractivity contribution is 5.16. The van der Waals surface area contributed by atoms with Crippen LogP contribution in [0, 0.1) is 12.3 Å². The van der Waals surface area contributed by atoms with Gasteiger partial charge in [0.15, 0.2) is 0 Å². The van der Waals surface area contributed by atoms with Gasteiger partial charge in [0.25, 0.3) is 0 Å². The Morgan fingerprint density at radius 1 is 1.32 bits per heavy atom. The maximum absolute atomic E-state index is 5.32. The van der Waals surface area contributed by atoms with Gasteiger partial charge in [0.05, 0.1) is 0 Å². The summed E-state index contributed by atoms with van der Waals surface area (Å²) in [6.45, 7) is 4.60. The summed E-state index contributed by atoms with van der Waals surface area (Å²) in [4.78, 5) is 2.56. The molecule has 102 valence electrons. The first-order chi connectivity index (χ1) is 9.38. The molecule has 2 heteroatoms. The number of nitrogens with zero attached hydrogens (tertiary/aromatic N) is 1. The summed E-state index contributed by atoms with van der Waals surface area (Å²) in [5.41, 5.74) is 1.42. The Bertz CT molecular complexity index is 393. The molecule has 1 aliphatic rings. The highest BCUT2D eigenvalue weighted by Crippen LogP contribution is 2.08. The van der Waals surface area contributed by atoms with Crippen molar-refractivity contribution in [3.63, 3.8) is 0 Å². The summed E-state index contributed by atoms with van der Waals surface area (Å²) in [6.07, 6.45) is 9.69. The summed E-state index contributed by atoms with van der Waals surface area (Å²) in [5, 5.41) is 3.67. The standard InChI is InChI=1S/C17H24N2/c1-2-3-7-12-19-13-8-11-18-17(15-19)14-16-9-5-4-6-10-16/h1,4-6,9-10,17-18H,3,7-8,11-15H2. The van der Waals surface area contributed by atoms with E-state index in [1.807, 2.05) is 0 Å². The van der Waals surface area contributed by atoms with Crippen LogP contribution in [0.3, 0.4) is 0 Å². The van der Waals surface area contributed by atoms with Gasteiger partial charge in [-0.15, -0.1) is 12.3 Å². The lowest BCUT2D eigenvalue weighted by Crippen LogP contribution is -2.39. The minimum Gasteiger partial charge on any atom is -0.312 e. The quantitative estimate of drug-likeness (QED) is 0.642. The molecular weight excluding hydrogens is 232 g/mol. The van der Waals surface area contributed by atoms with Crippen molar-refractivity contribution in [1.82, 2.24) is 10.2 Å². The number of hydrogen-bond donors (Lipinski definition) is 1. The zero-order valence-electron chi connectivity index (χ0n) is 11.6. The number of benzene rings is 1. The van der Waals surface area contributed by atoms with E-state index in [9.17, 15) is 0 Å². The molecule has 0 saturated carbocycles. The van der Waals surface area contributed by atoms with Gasteiger partial charge in [-0.25, -0.2) is 0 Å². The molecule has 1 N–H and O–H groups in total. The Morgan fingerprint density at radius 2 is 2.16 bits per heavy atom. The Morgan fingerprint density at radius 3 is 2.95 bits per heavy atom. The van der Waals surface area contributed by atoms with Crippen molar-refractivity contribution in [1.29, 1.82) is 0 Å². The lowest BCUT2D eigenvalue weighted by molar-refractivity contribution is 0.265. The molecule has 0 aliphatic carbocycles. The molecule has 0 radical (unpaired) electrons. The molecule has 19 heavy (non-hydrogen) atoms. The second-order valence-electron chi connectivity index (χ2n) is 5.30. The Kier molecular flexibility index (Phi) is 5.94. The molecule has 1 unspecified atom stereocenters. The van der Waals surface area contributed by atoms with E-state index in [4.69, 9.17) is 6.42 Å².